The molecular formula is C12H22N4O. The van der Waals surface area contributed by atoms with Crippen molar-refractivity contribution in [2.24, 2.45) is 18.7 Å². The van der Waals surface area contributed by atoms with Gasteiger partial charge in [0, 0.05) is 39.0 Å². The molecule has 0 aromatic carbocycles. The summed E-state index contributed by atoms with van der Waals surface area (Å²) in [6.07, 6.45) is 3.99. The highest BCUT2D eigenvalue weighted by Gasteiger charge is 2.17. The molecule has 0 aliphatic rings. The Bertz CT molecular complexity index is 372. The van der Waals surface area contributed by atoms with Crippen molar-refractivity contribution in [1.29, 1.82) is 0 Å². The first-order chi connectivity index (χ1) is 7.91. The van der Waals surface area contributed by atoms with E-state index in [1.807, 2.05) is 31.7 Å². The van der Waals surface area contributed by atoms with Crippen molar-refractivity contribution in [3.8, 4) is 0 Å². The van der Waals surface area contributed by atoms with Gasteiger partial charge < -0.3 is 15.2 Å². The smallest absolute Gasteiger partial charge is 0.224 e. The number of hydrogen-bond acceptors (Lipinski definition) is 3. The minimum atomic E-state index is -0.0775. The van der Waals surface area contributed by atoms with Crippen molar-refractivity contribution in [2.75, 3.05) is 7.05 Å². The molecule has 0 aliphatic heterocycles. The molecule has 1 aromatic rings. The Morgan fingerprint density at radius 2 is 2.24 bits per heavy atom. The summed E-state index contributed by atoms with van der Waals surface area (Å²) in [5.41, 5.74) is 5.89. The normalized spacial score (nSPS) is 12.8. The molecule has 17 heavy (non-hydrogen) atoms. The van der Waals surface area contributed by atoms with Gasteiger partial charge in [-0.05, 0) is 5.92 Å². The summed E-state index contributed by atoms with van der Waals surface area (Å²) < 4.78 is 1.91. The highest BCUT2D eigenvalue weighted by molar-refractivity contribution is 5.76. The fourth-order valence-electron chi connectivity index (χ4n) is 1.44. The fraction of sp³-hybridized carbons (Fsp3) is 0.667. The molecule has 1 aromatic heterocycles. The third-order valence-electron chi connectivity index (χ3n) is 2.99. The number of aryl methyl sites for hydroxylation is 1. The molecule has 1 heterocycles. The van der Waals surface area contributed by atoms with Crippen LogP contribution in [0.25, 0.3) is 0 Å². The van der Waals surface area contributed by atoms with Gasteiger partial charge in [-0.2, -0.15) is 0 Å². The number of aromatic nitrogens is 2. The van der Waals surface area contributed by atoms with Crippen LogP contribution in [0.1, 0.15) is 26.1 Å². The molecule has 0 spiro atoms. The molecule has 0 bridgehead atoms. The summed E-state index contributed by atoms with van der Waals surface area (Å²) in [5, 5.41) is 0. The minimum Gasteiger partial charge on any atom is -0.338 e. The van der Waals surface area contributed by atoms with Gasteiger partial charge >= 0.3 is 0 Å². The lowest BCUT2D eigenvalue weighted by Crippen LogP contribution is -2.36. The predicted octanol–water partition coefficient (Wildman–Crippen LogP) is 0.752. The Morgan fingerprint density at radius 1 is 1.59 bits per heavy atom. The molecule has 0 saturated heterocycles. The van der Waals surface area contributed by atoms with Gasteiger partial charge in [-0.3, -0.25) is 4.79 Å². The van der Waals surface area contributed by atoms with Gasteiger partial charge in [0.1, 0.15) is 5.82 Å². The second-order valence-corrected chi connectivity index (χ2v) is 4.82. The molecule has 5 nitrogen and oxygen atoms in total. The number of carbonyl (C=O) groups excluding carboxylic acids is 1. The van der Waals surface area contributed by atoms with Crippen LogP contribution in [-0.2, 0) is 18.4 Å². The zero-order valence-electron chi connectivity index (χ0n) is 11.1. The van der Waals surface area contributed by atoms with Crippen molar-refractivity contribution in [3.63, 3.8) is 0 Å². The molecule has 96 valence electrons. The van der Waals surface area contributed by atoms with E-state index in [1.54, 1.807) is 18.1 Å². The molecule has 1 unspecified atom stereocenters. The fourth-order valence-corrected chi connectivity index (χ4v) is 1.44. The van der Waals surface area contributed by atoms with Gasteiger partial charge in [0.05, 0.1) is 6.54 Å². The van der Waals surface area contributed by atoms with Crippen LogP contribution in [0.5, 0.6) is 0 Å². The van der Waals surface area contributed by atoms with E-state index in [4.69, 9.17) is 5.73 Å². The quantitative estimate of drug-likeness (QED) is 0.823. The van der Waals surface area contributed by atoms with Gasteiger partial charge in [0.15, 0.2) is 0 Å². The monoisotopic (exact) mass is 238 g/mol. The Kier molecular flexibility index (Phi) is 4.69. The number of amides is 1. The van der Waals surface area contributed by atoms with Crippen molar-refractivity contribution in [1.82, 2.24) is 14.5 Å². The lowest BCUT2D eigenvalue weighted by Gasteiger charge is -2.21. The first kappa shape index (κ1) is 13.7. The molecule has 0 aliphatic carbocycles. The maximum absolute atomic E-state index is 11.9. The van der Waals surface area contributed by atoms with E-state index in [2.05, 4.69) is 4.98 Å². The summed E-state index contributed by atoms with van der Waals surface area (Å²) in [6.45, 7) is 4.57. The molecule has 1 atom stereocenters. The number of imidazole rings is 1. The summed E-state index contributed by atoms with van der Waals surface area (Å²) in [6, 6.07) is -0.0775. The number of hydrogen-bond donors (Lipinski definition) is 1. The maximum atomic E-state index is 11.9. The summed E-state index contributed by atoms with van der Waals surface area (Å²) in [5.74, 6) is 1.26. The van der Waals surface area contributed by atoms with Gasteiger partial charge in [0.25, 0.3) is 0 Å². The summed E-state index contributed by atoms with van der Waals surface area (Å²) in [4.78, 5) is 17.8. The predicted molar refractivity (Wildman–Crippen MR) is 67.1 cm³/mol. The van der Waals surface area contributed by atoms with Crippen LogP contribution in [-0.4, -0.2) is 33.4 Å². The lowest BCUT2D eigenvalue weighted by molar-refractivity contribution is -0.131. The Labute approximate surface area is 103 Å². The third-order valence-corrected chi connectivity index (χ3v) is 2.99. The van der Waals surface area contributed by atoms with Gasteiger partial charge in [-0.25, -0.2) is 4.98 Å². The first-order valence-corrected chi connectivity index (χ1v) is 5.87. The summed E-state index contributed by atoms with van der Waals surface area (Å²) >= 11 is 0. The van der Waals surface area contributed by atoms with E-state index in [9.17, 15) is 4.79 Å². The van der Waals surface area contributed by atoms with Crippen LogP contribution in [0.15, 0.2) is 12.4 Å². The second-order valence-electron chi connectivity index (χ2n) is 4.82. The van der Waals surface area contributed by atoms with Crippen LogP contribution in [0.4, 0.5) is 0 Å². The van der Waals surface area contributed by atoms with E-state index in [1.165, 1.54) is 0 Å². The lowest BCUT2D eigenvalue weighted by atomic mass is 10.0. The SMILES string of the molecule is CC(C)C(N)CC(=O)N(C)Cc1nccn1C. The average molecular weight is 238 g/mol. The van der Waals surface area contributed by atoms with E-state index in [0.29, 0.717) is 18.9 Å². The molecule has 0 fully saturated rings. The van der Waals surface area contributed by atoms with Crippen molar-refractivity contribution >= 4 is 5.91 Å². The molecular weight excluding hydrogens is 216 g/mol. The van der Waals surface area contributed by atoms with Crippen LogP contribution < -0.4 is 5.73 Å². The van der Waals surface area contributed by atoms with E-state index in [-0.39, 0.29) is 11.9 Å². The third kappa shape index (κ3) is 3.85. The summed E-state index contributed by atoms with van der Waals surface area (Å²) in [7, 11) is 3.70. The van der Waals surface area contributed by atoms with Gasteiger partial charge in [0.2, 0.25) is 5.91 Å². The Morgan fingerprint density at radius 3 is 2.71 bits per heavy atom. The molecule has 2 N–H and O–H groups in total. The van der Waals surface area contributed by atoms with Gasteiger partial charge in [-0.1, -0.05) is 13.8 Å². The largest absolute Gasteiger partial charge is 0.338 e. The van der Waals surface area contributed by atoms with Crippen LogP contribution >= 0.6 is 0 Å². The standard InChI is InChI=1S/C12H22N4O/c1-9(2)10(13)7-12(17)16(4)8-11-14-5-6-15(11)3/h5-6,9-10H,7-8,13H2,1-4H3. The number of nitrogens with two attached hydrogens (primary N) is 1. The number of carbonyl (C=O) groups is 1. The minimum absolute atomic E-state index is 0.0641. The zero-order valence-corrected chi connectivity index (χ0v) is 11.1. The maximum Gasteiger partial charge on any atom is 0.224 e. The zero-order chi connectivity index (χ0) is 13.0. The molecule has 5 heteroatoms. The molecule has 0 radical (unpaired) electrons. The average Bonchev–Trinajstić information content (AvgIpc) is 2.64. The molecule has 1 amide bonds. The van der Waals surface area contributed by atoms with E-state index < -0.39 is 0 Å². The Balaban J connectivity index is 2.50. The van der Waals surface area contributed by atoms with Crippen LogP contribution in [0.2, 0.25) is 0 Å². The highest BCUT2D eigenvalue weighted by atomic mass is 16.2. The number of rotatable bonds is 5. The highest BCUT2D eigenvalue weighted by Crippen LogP contribution is 2.07. The number of nitrogens with zero attached hydrogens (tertiary/aromatic N) is 3. The second kappa shape index (κ2) is 5.82. The van der Waals surface area contributed by atoms with Crippen molar-refractivity contribution < 1.29 is 4.79 Å². The van der Waals surface area contributed by atoms with Crippen molar-refractivity contribution in [2.45, 2.75) is 32.9 Å². The van der Waals surface area contributed by atoms with E-state index >= 15 is 0 Å². The molecule has 1 rings (SSSR count). The van der Waals surface area contributed by atoms with Gasteiger partial charge in [-0.15, -0.1) is 0 Å². The first-order valence-electron chi connectivity index (χ1n) is 5.87. The molecule has 0 saturated carbocycles. The Hall–Kier alpha value is -1.36. The van der Waals surface area contributed by atoms with Crippen LogP contribution in [0, 0.1) is 5.92 Å². The van der Waals surface area contributed by atoms with Crippen molar-refractivity contribution in [3.05, 3.63) is 18.2 Å². The van der Waals surface area contributed by atoms with E-state index in [0.717, 1.165) is 5.82 Å². The topological polar surface area (TPSA) is 64.2 Å². The van der Waals surface area contributed by atoms with Crippen LogP contribution in [0.3, 0.4) is 0 Å².